The molecular weight excluding hydrogens is 528 g/mol. The van der Waals surface area contributed by atoms with Crippen molar-refractivity contribution < 1.29 is 23.1 Å². The molecule has 2 unspecified atom stereocenters. The summed E-state index contributed by atoms with van der Waals surface area (Å²) >= 11 is 5.65. The van der Waals surface area contributed by atoms with Gasteiger partial charge in [-0.3, -0.25) is 19.4 Å². The maximum atomic E-state index is 15.0. The van der Waals surface area contributed by atoms with E-state index in [1.54, 1.807) is 20.8 Å². The standard InChI is InChI=1S/C27H25F2N5O4S/c1-26(2,3)38-25(37)33-17-12-15(29)11-16-18(17)19(31-32-22(16)35)21(20(33)13-5-7-14(28)8-6-13)34-23(36)27(9-4-10-27)30-24(34)39/h5-8,11-12,20-21H,4,9-10H2,1-3H3,(H,30,39)(H,32,35). The predicted octanol–water partition coefficient (Wildman–Crippen LogP) is 4.38. The highest BCUT2D eigenvalue weighted by Gasteiger charge is 2.58. The van der Waals surface area contributed by atoms with Crippen LogP contribution in [-0.2, 0) is 9.53 Å². The maximum Gasteiger partial charge on any atom is 0.415 e. The van der Waals surface area contributed by atoms with E-state index in [0.717, 1.165) is 18.6 Å². The number of carbonyl (C=O) groups is 2. The molecule has 1 aromatic heterocycles. The monoisotopic (exact) mass is 553 g/mol. The highest BCUT2D eigenvalue weighted by Crippen LogP contribution is 2.52. The van der Waals surface area contributed by atoms with Crippen molar-refractivity contribution in [1.82, 2.24) is 20.4 Å². The van der Waals surface area contributed by atoms with E-state index in [9.17, 15) is 23.2 Å². The van der Waals surface area contributed by atoms with Gasteiger partial charge >= 0.3 is 6.09 Å². The summed E-state index contributed by atoms with van der Waals surface area (Å²) in [5.74, 6) is -1.55. The largest absolute Gasteiger partial charge is 0.443 e. The van der Waals surface area contributed by atoms with E-state index in [-0.39, 0.29) is 33.2 Å². The quantitative estimate of drug-likeness (QED) is 0.454. The third-order valence-corrected chi connectivity index (χ3v) is 7.76. The van der Waals surface area contributed by atoms with Crippen LogP contribution < -0.4 is 15.8 Å². The first kappa shape index (κ1) is 25.4. The first-order chi connectivity index (χ1) is 18.4. The molecule has 1 spiro atoms. The smallest absolute Gasteiger partial charge is 0.415 e. The predicted molar refractivity (Wildman–Crippen MR) is 142 cm³/mol. The molecule has 1 aliphatic carbocycles. The molecule has 202 valence electrons. The number of ether oxygens (including phenoxy) is 1. The van der Waals surface area contributed by atoms with Crippen molar-refractivity contribution in [2.75, 3.05) is 4.90 Å². The Morgan fingerprint density at radius 2 is 1.79 bits per heavy atom. The number of aromatic amines is 1. The van der Waals surface area contributed by atoms with E-state index in [1.165, 1.54) is 34.1 Å². The summed E-state index contributed by atoms with van der Waals surface area (Å²) in [5.41, 5.74) is -1.76. The number of H-pyrrole nitrogens is 1. The number of aromatic nitrogens is 2. The lowest BCUT2D eigenvalue weighted by Crippen LogP contribution is -2.54. The van der Waals surface area contributed by atoms with Crippen molar-refractivity contribution in [3.05, 3.63) is 69.6 Å². The minimum Gasteiger partial charge on any atom is -0.443 e. The number of halogens is 2. The molecule has 0 bridgehead atoms. The minimum atomic E-state index is -1.06. The van der Waals surface area contributed by atoms with Crippen molar-refractivity contribution >= 4 is 45.8 Å². The van der Waals surface area contributed by atoms with Gasteiger partial charge in [-0.2, -0.15) is 5.10 Å². The van der Waals surface area contributed by atoms with E-state index in [1.807, 2.05) is 0 Å². The number of hydrogen-bond donors (Lipinski definition) is 2. The molecule has 12 heteroatoms. The summed E-state index contributed by atoms with van der Waals surface area (Å²) in [6.45, 7) is 5.05. The van der Waals surface area contributed by atoms with Crippen molar-refractivity contribution in [3.63, 3.8) is 0 Å². The van der Waals surface area contributed by atoms with Crippen LogP contribution in [0.2, 0.25) is 0 Å². The van der Waals surface area contributed by atoms with Crippen molar-refractivity contribution in [1.29, 1.82) is 0 Å². The van der Waals surface area contributed by atoms with Gasteiger partial charge in [0.15, 0.2) is 5.11 Å². The fourth-order valence-corrected chi connectivity index (χ4v) is 6.05. The third-order valence-electron chi connectivity index (χ3n) is 7.46. The first-order valence-electron chi connectivity index (χ1n) is 12.6. The van der Waals surface area contributed by atoms with Crippen molar-refractivity contribution in [3.8, 4) is 0 Å². The highest BCUT2D eigenvalue weighted by molar-refractivity contribution is 7.80. The van der Waals surface area contributed by atoms with E-state index < -0.39 is 46.5 Å². The SMILES string of the molecule is CC(C)(C)OC(=O)N1c2cc(F)cc3c(=O)[nH]nc(c23)C(N2C(=O)C3(CCC3)NC2=S)C1c1ccc(F)cc1. The number of amides is 2. The fraction of sp³-hybridized carbons (Fsp3) is 0.370. The normalized spacial score (nSPS) is 21.8. The topological polar surface area (TPSA) is 108 Å². The Balaban J connectivity index is 1.67. The molecule has 2 aromatic carbocycles. The van der Waals surface area contributed by atoms with Gasteiger partial charge in [-0.25, -0.2) is 18.7 Å². The van der Waals surface area contributed by atoms with E-state index in [4.69, 9.17) is 17.0 Å². The summed E-state index contributed by atoms with van der Waals surface area (Å²) in [6.07, 6.45) is 1.17. The Kier molecular flexibility index (Phi) is 5.55. The third kappa shape index (κ3) is 3.88. The van der Waals surface area contributed by atoms with Gasteiger partial charge < -0.3 is 10.1 Å². The Bertz CT molecular complexity index is 1610. The van der Waals surface area contributed by atoms with Crippen LogP contribution >= 0.6 is 12.2 Å². The number of anilines is 1. The lowest BCUT2D eigenvalue weighted by Gasteiger charge is -2.45. The second kappa shape index (κ2) is 8.54. The molecule has 0 radical (unpaired) electrons. The van der Waals surface area contributed by atoms with Crippen LogP contribution in [-0.4, -0.2) is 43.4 Å². The maximum absolute atomic E-state index is 15.0. The van der Waals surface area contributed by atoms with Crippen LogP contribution in [0, 0.1) is 11.6 Å². The number of thiocarbonyl (C=S) groups is 1. The van der Waals surface area contributed by atoms with Gasteiger partial charge in [-0.15, -0.1) is 0 Å². The molecule has 3 aromatic rings. The Hall–Kier alpha value is -3.93. The fourth-order valence-electron chi connectivity index (χ4n) is 5.65. The van der Waals surface area contributed by atoms with E-state index >= 15 is 0 Å². The average molecular weight is 554 g/mol. The molecule has 39 heavy (non-hydrogen) atoms. The molecule has 2 amide bonds. The van der Waals surface area contributed by atoms with Crippen LogP contribution in [0.25, 0.3) is 10.8 Å². The van der Waals surface area contributed by atoms with Gasteiger partial charge in [0, 0.05) is 5.39 Å². The van der Waals surface area contributed by atoms with Gasteiger partial charge in [0.25, 0.3) is 11.5 Å². The second-order valence-corrected chi connectivity index (χ2v) is 11.5. The zero-order valence-corrected chi connectivity index (χ0v) is 22.2. The molecular formula is C27H25F2N5O4S. The number of carbonyl (C=O) groups excluding carboxylic acids is 2. The van der Waals surface area contributed by atoms with Crippen molar-refractivity contribution in [2.45, 2.75) is 63.3 Å². The van der Waals surface area contributed by atoms with Crippen LogP contribution in [0.1, 0.15) is 63.4 Å². The highest BCUT2D eigenvalue weighted by atomic mass is 32.1. The van der Waals surface area contributed by atoms with E-state index in [2.05, 4.69) is 15.5 Å². The molecule has 2 aliphatic heterocycles. The Morgan fingerprint density at radius 1 is 1.10 bits per heavy atom. The summed E-state index contributed by atoms with van der Waals surface area (Å²) in [6, 6.07) is 5.49. The lowest BCUT2D eigenvalue weighted by molar-refractivity contribution is -0.135. The van der Waals surface area contributed by atoms with E-state index in [0.29, 0.717) is 18.4 Å². The zero-order chi connectivity index (χ0) is 27.9. The Labute approximate surface area is 227 Å². The zero-order valence-electron chi connectivity index (χ0n) is 21.4. The summed E-state index contributed by atoms with van der Waals surface area (Å²) < 4.78 is 34.7. The molecule has 6 rings (SSSR count). The number of rotatable bonds is 2. The number of hydrogen-bond acceptors (Lipinski definition) is 6. The Morgan fingerprint density at radius 3 is 2.38 bits per heavy atom. The van der Waals surface area contributed by atoms with Gasteiger partial charge in [0.2, 0.25) is 0 Å². The van der Waals surface area contributed by atoms with Gasteiger partial charge in [-0.1, -0.05) is 12.1 Å². The van der Waals surface area contributed by atoms with Crippen LogP contribution in [0.3, 0.4) is 0 Å². The van der Waals surface area contributed by atoms with Crippen LogP contribution in [0.5, 0.6) is 0 Å². The number of nitrogens with one attached hydrogen (secondary N) is 2. The molecule has 2 fully saturated rings. The van der Waals surface area contributed by atoms with Crippen molar-refractivity contribution in [2.24, 2.45) is 0 Å². The molecule has 3 aliphatic rings. The molecule has 2 N–H and O–H groups in total. The van der Waals surface area contributed by atoms with Crippen LogP contribution in [0.15, 0.2) is 41.2 Å². The molecule has 9 nitrogen and oxygen atoms in total. The summed E-state index contributed by atoms with van der Waals surface area (Å²) in [4.78, 5) is 43.2. The molecule has 2 atom stereocenters. The summed E-state index contributed by atoms with van der Waals surface area (Å²) in [7, 11) is 0. The number of benzene rings is 2. The summed E-state index contributed by atoms with van der Waals surface area (Å²) in [5, 5.41) is 10.2. The van der Waals surface area contributed by atoms with Gasteiger partial charge in [0.05, 0.1) is 22.8 Å². The lowest BCUT2D eigenvalue weighted by atomic mass is 9.76. The second-order valence-electron chi connectivity index (χ2n) is 11.1. The minimum absolute atomic E-state index is 0.0438. The van der Waals surface area contributed by atoms with Crippen LogP contribution in [0.4, 0.5) is 19.3 Å². The first-order valence-corrected chi connectivity index (χ1v) is 13.0. The average Bonchev–Trinajstić information content (AvgIpc) is 3.10. The van der Waals surface area contributed by atoms with Gasteiger partial charge in [0.1, 0.15) is 28.8 Å². The molecule has 1 saturated heterocycles. The van der Waals surface area contributed by atoms with Gasteiger partial charge in [-0.05, 0) is 82.1 Å². The number of nitrogens with zero attached hydrogens (tertiary/aromatic N) is 3. The molecule has 3 heterocycles. The molecule has 1 saturated carbocycles.